The molecule has 3 unspecified atom stereocenters. The molecule has 0 bridgehead atoms. The minimum Gasteiger partial charge on any atom is -0.357 e. The smallest absolute Gasteiger partial charge is 0.193 e. The van der Waals surface area contributed by atoms with E-state index in [9.17, 15) is 0 Å². The second-order valence-corrected chi connectivity index (χ2v) is 7.32. The molecular weight excluding hydrogens is 308 g/mol. The number of benzene rings is 1. The predicted molar refractivity (Wildman–Crippen MR) is 106 cm³/mol. The first kappa shape index (κ1) is 18.2. The highest BCUT2D eigenvalue weighted by molar-refractivity contribution is 5.80. The summed E-state index contributed by atoms with van der Waals surface area (Å²) in [5.41, 5.74) is 1.48. The van der Waals surface area contributed by atoms with Gasteiger partial charge in [-0.1, -0.05) is 44.2 Å². The molecule has 1 N–H and O–H groups in total. The van der Waals surface area contributed by atoms with Crippen molar-refractivity contribution >= 4 is 5.96 Å². The first-order chi connectivity index (χ1) is 12.3. The summed E-state index contributed by atoms with van der Waals surface area (Å²) in [6.07, 6.45) is 2.54. The average molecular weight is 343 g/mol. The van der Waals surface area contributed by atoms with E-state index in [0.717, 1.165) is 57.1 Å². The quantitative estimate of drug-likeness (QED) is 0.610. The molecule has 4 heteroatoms. The standard InChI is InChI=1S/C21H34N4/c1-4-22-21(25-13-12-19(16-25)24(5-2)6-3)23-15-18-14-20(18)17-10-8-7-9-11-17/h7-11,18-20H,4-6,12-16H2,1-3H3,(H,22,23). The Balaban J connectivity index is 1.56. The van der Waals surface area contributed by atoms with E-state index < -0.39 is 0 Å². The third-order valence-electron chi connectivity index (χ3n) is 5.75. The molecule has 1 saturated carbocycles. The summed E-state index contributed by atoms with van der Waals surface area (Å²) in [6, 6.07) is 11.6. The number of guanidine groups is 1. The van der Waals surface area contributed by atoms with Crippen molar-refractivity contribution < 1.29 is 0 Å². The van der Waals surface area contributed by atoms with Gasteiger partial charge in [0.15, 0.2) is 5.96 Å². The molecule has 1 heterocycles. The van der Waals surface area contributed by atoms with E-state index in [1.807, 2.05) is 0 Å². The Kier molecular flexibility index (Phi) is 6.35. The van der Waals surface area contributed by atoms with E-state index >= 15 is 0 Å². The molecule has 1 aromatic carbocycles. The second-order valence-electron chi connectivity index (χ2n) is 7.32. The molecule has 2 aliphatic rings. The molecule has 4 nitrogen and oxygen atoms in total. The number of hydrogen-bond donors (Lipinski definition) is 1. The Morgan fingerprint density at radius 3 is 2.64 bits per heavy atom. The summed E-state index contributed by atoms with van der Waals surface area (Å²) >= 11 is 0. The fourth-order valence-electron chi connectivity index (χ4n) is 4.16. The summed E-state index contributed by atoms with van der Waals surface area (Å²) in [5.74, 6) is 2.56. The van der Waals surface area contributed by atoms with E-state index in [0.29, 0.717) is 6.04 Å². The summed E-state index contributed by atoms with van der Waals surface area (Å²) in [7, 11) is 0. The van der Waals surface area contributed by atoms with Crippen LogP contribution in [0.5, 0.6) is 0 Å². The first-order valence-corrected chi connectivity index (χ1v) is 10.1. The highest BCUT2D eigenvalue weighted by atomic mass is 15.3. The highest BCUT2D eigenvalue weighted by Gasteiger charge is 2.38. The lowest BCUT2D eigenvalue weighted by atomic mass is 10.1. The maximum absolute atomic E-state index is 4.99. The van der Waals surface area contributed by atoms with E-state index in [1.54, 1.807) is 0 Å². The van der Waals surface area contributed by atoms with Crippen molar-refractivity contribution in [1.82, 2.24) is 15.1 Å². The largest absolute Gasteiger partial charge is 0.357 e. The van der Waals surface area contributed by atoms with Crippen LogP contribution in [0.3, 0.4) is 0 Å². The summed E-state index contributed by atoms with van der Waals surface area (Å²) in [4.78, 5) is 10.0. The van der Waals surface area contributed by atoms with Crippen LogP contribution < -0.4 is 5.32 Å². The van der Waals surface area contributed by atoms with Crippen molar-refractivity contribution in [3.8, 4) is 0 Å². The molecule has 3 rings (SSSR count). The fraction of sp³-hybridized carbons (Fsp3) is 0.667. The van der Waals surface area contributed by atoms with Crippen LogP contribution in [0.15, 0.2) is 35.3 Å². The van der Waals surface area contributed by atoms with Gasteiger partial charge in [0.1, 0.15) is 0 Å². The zero-order valence-electron chi connectivity index (χ0n) is 16.1. The molecule has 2 fully saturated rings. The lowest BCUT2D eigenvalue weighted by molar-refractivity contribution is 0.223. The van der Waals surface area contributed by atoms with E-state index in [2.05, 4.69) is 66.2 Å². The van der Waals surface area contributed by atoms with Gasteiger partial charge in [0.05, 0.1) is 0 Å². The van der Waals surface area contributed by atoms with Gasteiger partial charge in [-0.15, -0.1) is 0 Å². The van der Waals surface area contributed by atoms with Crippen LogP contribution in [0.25, 0.3) is 0 Å². The van der Waals surface area contributed by atoms with Crippen LogP contribution in [-0.4, -0.2) is 61.1 Å². The Bertz CT molecular complexity index is 552. The van der Waals surface area contributed by atoms with Crippen LogP contribution in [0, 0.1) is 5.92 Å². The number of likely N-dealkylation sites (tertiary alicyclic amines) is 1. The summed E-state index contributed by atoms with van der Waals surface area (Å²) in [6.45, 7) is 13.1. The van der Waals surface area contributed by atoms with Crippen LogP contribution in [0.1, 0.15) is 45.1 Å². The number of likely N-dealkylation sites (N-methyl/N-ethyl adjacent to an activating group) is 1. The molecule has 1 aromatic rings. The van der Waals surface area contributed by atoms with Gasteiger partial charge in [0.25, 0.3) is 0 Å². The van der Waals surface area contributed by atoms with Crippen molar-refractivity contribution in [2.24, 2.45) is 10.9 Å². The summed E-state index contributed by atoms with van der Waals surface area (Å²) < 4.78 is 0. The topological polar surface area (TPSA) is 30.9 Å². The minimum atomic E-state index is 0.678. The van der Waals surface area contributed by atoms with Crippen LogP contribution in [0.2, 0.25) is 0 Å². The number of nitrogens with zero attached hydrogens (tertiary/aromatic N) is 3. The fourth-order valence-corrected chi connectivity index (χ4v) is 4.16. The van der Waals surface area contributed by atoms with Gasteiger partial charge in [-0.25, -0.2) is 0 Å². The molecular formula is C21H34N4. The van der Waals surface area contributed by atoms with E-state index in [1.165, 1.54) is 18.4 Å². The Morgan fingerprint density at radius 1 is 1.20 bits per heavy atom. The normalized spacial score (nSPS) is 26.3. The summed E-state index contributed by atoms with van der Waals surface area (Å²) in [5, 5.41) is 3.52. The number of aliphatic imine (C=N–C) groups is 1. The number of nitrogens with one attached hydrogen (secondary N) is 1. The van der Waals surface area contributed by atoms with Crippen molar-refractivity contribution in [3.63, 3.8) is 0 Å². The molecule has 1 saturated heterocycles. The molecule has 3 atom stereocenters. The Hall–Kier alpha value is -1.55. The Labute approximate surface area is 153 Å². The maximum Gasteiger partial charge on any atom is 0.193 e. The number of rotatable bonds is 7. The molecule has 25 heavy (non-hydrogen) atoms. The molecule has 0 radical (unpaired) electrons. The lowest BCUT2D eigenvalue weighted by Crippen LogP contribution is -2.43. The van der Waals surface area contributed by atoms with Gasteiger partial charge in [0, 0.05) is 32.2 Å². The second kappa shape index (κ2) is 8.70. The molecule has 1 aliphatic heterocycles. The SMILES string of the molecule is CCNC(=NCC1CC1c1ccccc1)N1CCC(N(CC)CC)C1. The van der Waals surface area contributed by atoms with Gasteiger partial charge in [-0.2, -0.15) is 0 Å². The van der Waals surface area contributed by atoms with E-state index in [4.69, 9.17) is 4.99 Å². The van der Waals surface area contributed by atoms with Crippen LogP contribution in [0.4, 0.5) is 0 Å². The molecule has 1 aliphatic carbocycles. The third kappa shape index (κ3) is 4.55. The van der Waals surface area contributed by atoms with Gasteiger partial charge >= 0.3 is 0 Å². The molecule has 138 valence electrons. The minimum absolute atomic E-state index is 0.678. The monoisotopic (exact) mass is 342 g/mol. The maximum atomic E-state index is 4.99. The van der Waals surface area contributed by atoms with E-state index in [-0.39, 0.29) is 0 Å². The molecule has 0 amide bonds. The van der Waals surface area contributed by atoms with Gasteiger partial charge < -0.3 is 10.2 Å². The zero-order chi connectivity index (χ0) is 17.6. The van der Waals surface area contributed by atoms with Crippen molar-refractivity contribution in [2.75, 3.05) is 39.3 Å². The predicted octanol–water partition coefficient (Wildman–Crippen LogP) is 3.17. The molecule has 0 spiro atoms. The van der Waals surface area contributed by atoms with Gasteiger partial charge in [-0.3, -0.25) is 9.89 Å². The highest BCUT2D eigenvalue weighted by Crippen LogP contribution is 2.47. The zero-order valence-corrected chi connectivity index (χ0v) is 16.1. The van der Waals surface area contributed by atoms with Crippen molar-refractivity contribution in [2.45, 2.75) is 45.6 Å². The number of hydrogen-bond acceptors (Lipinski definition) is 2. The van der Waals surface area contributed by atoms with Crippen LogP contribution in [-0.2, 0) is 0 Å². The van der Waals surface area contributed by atoms with Gasteiger partial charge in [-0.05, 0) is 50.3 Å². The van der Waals surface area contributed by atoms with Crippen molar-refractivity contribution in [3.05, 3.63) is 35.9 Å². The first-order valence-electron chi connectivity index (χ1n) is 10.1. The van der Waals surface area contributed by atoms with Crippen molar-refractivity contribution in [1.29, 1.82) is 0 Å². The third-order valence-corrected chi connectivity index (χ3v) is 5.75. The Morgan fingerprint density at radius 2 is 1.96 bits per heavy atom. The lowest BCUT2D eigenvalue weighted by Gasteiger charge is -2.27. The van der Waals surface area contributed by atoms with Crippen LogP contribution >= 0.6 is 0 Å². The van der Waals surface area contributed by atoms with Gasteiger partial charge in [0.2, 0.25) is 0 Å². The molecule has 0 aromatic heterocycles. The average Bonchev–Trinajstić information content (AvgIpc) is 3.27.